The number of morpholine rings is 1. The van der Waals surface area contributed by atoms with E-state index in [0.717, 1.165) is 18.3 Å². The van der Waals surface area contributed by atoms with E-state index in [1.807, 2.05) is 0 Å². The van der Waals surface area contributed by atoms with Crippen molar-refractivity contribution in [1.29, 1.82) is 0 Å². The number of nitrogens with zero attached hydrogens (tertiary/aromatic N) is 7. The first kappa shape index (κ1) is 25.9. The molecule has 1 saturated heterocycles. The summed E-state index contributed by atoms with van der Waals surface area (Å²) in [7, 11) is 0. The summed E-state index contributed by atoms with van der Waals surface area (Å²) < 4.78 is 60.0. The highest BCUT2D eigenvalue weighted by atomic mass is 19.4. The van der Waals surface area contributed by atoms with Crippen molar-refractivity contribution in [3.05, 3.63) is 78.4 Å². The van der Waals surface area contributed by atoms with E-state index < -0.39 is 17.6 Å². The highest BCUT2D eigenvalue weighted by molar-refractivity contribution is 5.78. The summed E-state index contributed by atoms with van der Waals surface area (Å²) in [5.74, 6) is -0.270. The number of pyridine rings is 1. The van der Waals surface area contributed by atoms with Gasteiger partial charge in [-0.1, -0.05) is 0 Å². The Balaban J connectivity index is 1.27. The van der Waals surface area contributed by atoms with Crippen LogP contribution in [0.1, 0.15) is 11.3 Å². The van der Waals surface area contributed by atoms with Gasteiger partial charge in [-0.2, -0.15) is 23.3 Å². The van der Waals surface area contributed by atoms with E-state index in [-0.39, 0.29) is 23.0 Å². The second kappa shape index (κ2) is 11.3. The van der Waals surface area contributed by atoms with Gasteiger partial charge in [-0.15, -0.1) is 0 Å². The van der Waals surface area contributed by atoms with Gasteiger partial charge in [-0.25, -0.2) is 14.8 Å². The number of aromatic nitrogens is 5. The molecule has 0 radical (unpaired) electrons. The van der Waals surface area contributed by atoms with Crippen molar-refractivity contribution >= 4 is 29.4 Å². The number of halogens is 4. The van der Waals surface area contributed by atoms with Crippen LogP contribution in [0.25, 0.3) is 11.3 Å². The van der Waals surface area contributed by atoms with Gasteiger partial charge in [-0.05, 0) is 30.3 Å². The molecule has 200 valence electrons. The summed E-state index contributed by atoms with van der Waals surface area (Å²) in [5, 5.41) is 6.98. The minimum atomic E-state index is -4.54. The van der Waals surface area contributed by atoms with E-state index in [1.165, 1.54) is 31.0 Å². The number of hydrogen-bond acceptors (Lipinski definition) is 10. The average Bonchev–Trinajstić information content (AvgIpc) is 2.95. The molecule has 0 unspecified atom stereocenters. The molecule has 0 atom stereocenters. The van der Waals surface area contributed by atoms with Gasteiger partial charge >= 0.3 is 6.18 Å². The Labute approximate surface area is 219 Å². The van der Waals surface area contributed by atoms with Gasteiger partial charge in [0.15, 0.2) is 11.6 Å². The molecule has 10 nitrogen and oxygen atoms in total. The molecule has 4 heterocycles. The molecular formula is C25H21F4N9O. The molecule has 3 aromatic heterocycles. The van der Waals surface area contributed by atoms with Gasteiger partial charge < -0.3 is 15.0 Å². The maximum absolute atomic E-state index is 14.2. The fraction of sp³-hybridized carbons (Fsp3) is 0.200. The summed E-state index contributed by atoms with van der Waals surface area (Å²) in [4.78, 5) is 22.1. The van der Waals surface area contributed by atoms with Crippen molar-refractivity contribution in [3.8, 4) is 11.3 Å². The van der Waals surface area contributed by atoms with Crippen molar-refractivity contribution in [2.75, 3.05) is 41.9 Å². The second-order valence-electron chi connectivity index (χ2n) is 8.32. The predicted octanol–water partition coefficient (Wildman–Crippen LogP) is 4.51. The van der Waals surface area contributed by atoms with Crippen LogP contribution in [0.5, 0.6) is 0 Å². The largest absolute Gasteiger partial charge is 0.416 e. The van der Waals surface area contributed by atoms with E-state index >= 15 is 0 Å². The van der Waals surface area contributed by atoms with Gasteiger partial charge in [0.05, 0.1) is 60.7 Å². The molecule has 0 amide bonds. The number of ether oxygens (including phenoxy) is 1. The Morgan fingerprint density at radius 3 is 2.51 bits per heavy atom. The zero-order valence-electron chi connectivity index (χ0n) is 20.2. The van der Waals surface area contributed by atoms with Crippen molar-refractivity contribution in [1.82, 2.24) is 24.9 Å². The fourth-order valence-corrected chi connectivity index (χ4v) is 3.75. The van der Waals surface area contributed by atoms with Gasteiger partial charge in [0.2, 0.25) is 5.95 Å². The lowest BCUT2D eigenvalue weighted by Gasteiger charge is -2.27. The first-order valence-corrected chi connectivity index (χ1v) is 11.7. The molecule has 0 spiro atoms. The van der Waals surface area contributed by atoms with Crippen molar-refractivity contribution in [3.63, 3.8) is 0 Å². The highest BCUT2D eigenvalue weighted by Gasteiger charge is 2.31. The summed E-state index contributed by atoms with van der Waals surface area (Å²) in [5.41, 5.74) is 3.52. The predicted molar refractivity (Wildman–Crippen MR) is 136 cm³/mol. The third-order valence-corrected chi connectivity index (χ3v) is 5.59. The first-order chi connectivity index (χ1) is 18.8. The quantitative estimate of drug-likeness (QED) is 0.199. The number of nitrogens with one attached hydrogen (secondary N) is 2. The molecule has 1 fully saturated rings. The Kier molecular flexibility index (Phi) is 7.54. The molecule has 5 rings (SSSR count). The Morgan fingerprint density at radius 2 is 1.79 bits per heavy atom. The maximum Gasteiger partial charge on any atom is 0.416 e. The lowest BCUT2D eigenvalue weighted by atomic mass is 10.1. The molecule has 14 heteroatoms. The Morgan fingerprint density at radius 1 is 0.949 bits per heavy atom. The van der Waals surface area contributed by atoms with Gasteiger partial charge in [-0.3, -0.25) is 15.0 Å². The first-order valence-electron chi connectivity index (χ1n) is 11.7. The maximum atomic E-state index is 14.2. The minimum absolute atomic E-state index is 0.107. The van der Waals surface area contributed by atoms with E-state index in [4.69, 9.17) is 4.74 Å². The summed E-state index contributed by atoms with van der Waals surface area (Å²) >= 11 is 0. The number of alkyl halides is 3. The molecular weight excluding hydrogens is 518 g/mol. The van der Waals surface area contributed by atoms with Crippen LogP contribution in [0.4, 0.5) is 40.7 Å². The smallest absolute Gasteiger partial charge is 0.378 e. The number of rotatable bonds is 7. The monoisotopic (exact) mass is 539 g/mol. The summed E-state index contributed by atoms with van der Waals surface area (Å²) in [6.07, 6.45) is 3.62. The molecule has 1 aliphatic rings. The van der Waals surface area contributed by atoms with Gasteiger partial charge in [0, 0.05) is 36.7 Å². The molecule has 0 saturated carbocycles. The van der Waals surface area contributed by atoms with Gasteiger partial charge in [0.25, 0.3) is 0 Å². The van der Waals surface area contributed by atoms with Crippen LogP contribution >= 0.6 is 0 Å². The third-order valence-electron chi connectivity index (χ3n) is 5.59. The number of anilines is 4. The molecule has 2 N–H and O–H groups in total. The molecule has 0 aliphatic carbocycles. The van der Waals surface area contributed by atoms with E-state index in [2.05, 4.69) is 40.8 Å². The van der Waals surface area contributed by atoms with Crippen molar-refractivity contribution < 1.29 is 22.3 Å². The number of hydrazone groups is 1. The van der Waals surface area contributed by atoms with E-state index in [0.29, 0.717) is 43.4 Å². The Hall–Kier alpha value is -4.72. The summed E-state index contributed by atoms with van der Waals surface area (Å²) in [6, 6.07) is 6.84. The fourth-order valence-electron chi connectivity index (χ4n) is 3.75. The lowest BCUT2D eigenvalue weighted by molar-refractivity contribution is -0.137. The molecule has 39 heavy (non-hydrogen) atoms. The zero-order chi connectivity index (χ0) is 27.2. The minimum Gasteiger partial charge on any atom is -0.378 e. The molecule has 1 aromatic carbocycles. The standard InChI is InChI=1S/C25H21F4N9O/c26-21-14-33-24(36-23(21)38-5-7-39-8-6-38)37-34-13-18-1-2-19(12-32-18)35-20-10-16(22-15-30-3-4-31-22)9-17(11-20)25(27,28)29/h1-4,9-15,35H,5-8H2,(H,33,36,37)/b34-13+. The van der Waals surface area contributed by atoms with E-state index in [9.17, 15) is 17.6 Å². The lowest BCUT2D eigenvalue weighted by Crippen LogP contribution is -2.37. The second-order valence-corrected chi connectivity index (χ2v) is 8.32. The van der Waals surface area contributed by atoms with Crippen LogP contribution < -0.4 is 15.6 Å². The van der Waals surface area contributed by atoms with Crippen LogP contribution in [-0.4, -0.2) is 57.4 Å². The van der Waals surface area contributed by atoms with Crippen molar-refractivity contribution in [2.45, 2.75) is 6.18 Å². The highest BCUT2D eigenvalue weighted by Crippen LogP contribution is 2.35. The van der Waals surface area contributed by atoms with Crippen LogP contribution in [0.3, 0.4) is 0 Å². The third kappa shape index (κ3) is 6.59. The molecule has 4 aromatic rings. The van der Waals surface area contributed by atoms with Crippen LogP contribution in [0, 0.1) is 5.82 Å². The van der Waals surface area contributed by atoms with Crippen LogP contribution in [0.2, 0.25) is 0 Å². The van der Waals surface area contributed by atoms with Crippen LogP contribution in [-0.2, 0) is 10.9 Å². The number of hydrogen-bond donors (Lipinski definition) is 2. The Bertz CT molecular complexity index is 1440. The average molecular weight is 539 g/mol. The van der Waals surface area contributed by atoms with Crippen molar-refractivity contribution in [2.24, 2.45) is 5.10 Å². The number of benzene rings is 1. The topological polar surface area (TPSA) is 113 Å². The zero-order valence-corrected chi connectivity index (χ0v) is 20.2. The normalized spacial score (nSPS) is 14.0. The van der Waals surface area contributed by atoms with Crippen LogP contribution in [0.15, 0.2) is 66.4 Å². The van der Waals surface area contributed by atoms with Gasteiger partial charge in [0.1, 0.15) is 0 Å². The molecule has 0 bridgehead atoms. The summed E-state index contributed by atoms with van der Waals surface area (Å²) in [6.45, 7) is 2.00. The van der Waals surface area contributed by atoms with E-state index in [1.54, 1.807) is 23.1 Å². The SMILES string of the molecule is Fc1cnc(N/N=C/c2ccc(Nc3cc(-c4cnccn4)cc(C(F)(F)F)c3)cn2)nc1N1CCOCC1. The molecule has 1 aliphatic heterocycles.